The molecular formula is C19H18N2O3. The quantitative estimate of drug-likeness (QED) is 0.528. The zero-order chi connectivity index (χ0) is 16.7. The molecule has 2 aliphatic heterocycles. The number of para-hydroxylation sites is 1. The number of carbonyl (C=O) groups excluding carboxylic acids is 2. The number of fused-ring (bicyclic) bond motifs is 1. The first-order chi connectivity index (χ1) is 11.6. The Morgan fingerprint density at radius 2 is 2.04 bits per heavy atom. The maximum absolute atomic E-state index is 12.4. The summed E-state index contributed by atoms with van der Waals surface area (Å²) < 4.78 is 5.85. The van der Waals surface area contributed by atoms with E-state index >= 15 is 0 Å². The van der Waals surface area contributed by atoms with E-state index in [1.807, 2.05) is 36.4 Å². The maximum atomic E-state index is 12.4. The average Bonchev–Trinajstić information content (AvgIpc) is 3.21. The Bertz CT molecular complexity index is 779. The van der Waals surface area contributed by atoms with Crippen molar-refractivity contribution in [2.45, 2.75) is 25.6 Å². The number of ether oxygens (including phenoxy) is 1. The zero-order valence-corrected chi connectivity index (χ0v) is 13.3. The number of rotatable bonds is 3. The molecule has 3 unspecified atom stereocenters. The lowest BCUT2D eigenvalue weighted by Crippen LogP contribution is -2.35. The number of anilines is 1. The number of allylic oxidation sites excluding steroid dienone is 1. The molecular weight excluding hydrogens is 304 g/mol. The number of carbonyl (C=O) groups is 2. The third kappa shape index (κ3) is 2.33. The summed E-state index contributed by atoms with van der Waals surface area (Å²) in [5, 5.41) is 2.93. The lowest BCUT2D eigenvalue weighted by molar-refractivity contribution is -0.116. The summed E-state index contributed by atoms with van der Waals surface area (Å²) in [6.45, 7) is 1.77. The third-order valence-corrected chi connectivity index (χ3v) is 4.70. The Kier molecular flexibility index (Phi) is 3.49. The van der Waals surface area contributed by atoms with Crippen molar-refractivity contribution in [3.8, 4) is 0 Å². The number of hydrogen-bond donors (Lipinski definition) is 1. The first kappa shape index (κ1) is 14.8. The van der Waals surface area contributed by atoms with Crippen LogP contribution >= 0.6 is 0 Å². The van der Waals surface area contributed by atoms with Crippen LogP contribution in [0.15, 0.2) is 66.0 Å². The van der Waals surface area contributed by atoms with Gasteiger partial charge in [-0.05, 0) is 31.6 Å². The molecule has 0 spiro atoms. The van der Waals surface area contributed by atoms with Crippen LogP contribution in [0.25, 0.3) is 0 Å². The van der Waals surface area contributed by atoms with Crippen molar-refractivity contribution >= 4 is 17.5 Å². The molecule has 5 nitrogen and oxygen atoms in total. The molecule has 4 rings (SSSR count). The van der Waals surface area contributed by atoms with Crippen LogP contribution in [0.3, 0.4) is 0 Å². The summed E-state index contributed by atoms with van der Waals surface area (Å²) in [6.07, 6.45) is 7.69. The Morgan fingerprint density at radius 3 is 2.83 bits per heavy atom. The van der Waals surface area contributed by atoms with E-state index in [1.165, 1.54) is 6.26 Å². The predicted octanol–water partition coefficient (Wildman–Crippen LogP) is 2.28. The van der Waals surface area contributed by atoms with Crippen molar-refractivity contribution in [1.82, 2.24) is 5.32 Å². The highest BCUT2D eigenvalue weighted by Gasteiger charge is 2.39. The van der Waals surface area contributed by atoms with E-state index < -0.39 is 6.23 Å². The molecule has 1 N–H and O–H groups in total. The van der Waals surface area contributed by atoms with E-state index in [-0.39, 0.29) is 23.8 Å². The monoisotopic (exact) mass is 322 g/mol. The molecule has 0 aromatic heterocycles. The number of amides is 2. The molecule has 1 aromatic carbocycles. The summed E-state index contributed by atoms with van der Waals surface area (Å²) in [7, 11) is 0. The van der Waals surface area contributed by atoms with Crippen molar-refractivity contribution in [3.05, 3.63) is 66.0 Å². The van der Waals surface area contributed by atoms with Gasteiger partial charge in [0.05, 0.1) is 17.9 Å². The van der Waals surface area contributed by atoms with Crippen molar-refractivity contribution in [1.29, 1.82) is 0 Å². The van der Waals surface area contributed by atoms with Gasteiger partial charge in [-0.1, -0.05) is 30.4 Å². The molecule has 122 valence electrons. The first-order valence-electron chi connectivity index (χ1n) is 8.05. The minimum absolute atomic E-state index is 0.0695. The van der Waals surface area contributed by atoms with E-state index in [0.717, 1.165) is 12.1 Å². The highest BCUT2D eigenvalue weighted by atomic mass is 16.5. The minimum atomic E-state index is -0.534. The molecule has 0 saturated carbocycles. The van der Waals surface area contributed by atoms with Gasteiger partial charge in [-0.25, -0.2) is 0 Å². The van der Waals surface area contributed by atoms with Crippen LogP contribution in [0.4, 0.5) is 5.69 Å². The van der Waals surface area contributed by atoms with Gasteiger partial charge in [0.25, 0.3) is 11.8 Å². The molecule has 2 amide bonds. The van der Waals surface area contributed by atoms with Crippen LogP contribution in [0.2, 0.25) is 0 Å². The lowest BCUT2D eigenvalue weighted by Gasteiger charge is -2.24. The Morgan fingerprint density at radius 1 is 1.25 bits per heavy atom. The number of nitrogens with zero attached hydrogens (tertiary/aromatic N) is 1. The van der Waals surface area contributed by atoms with Gasteiger partial charge in [-0.3, -0.25) is 14.5 Å². The second kappa shape index (κ2) is 5.67. The highest BCUT2D eigenvalue weighted by molar-refractivity contribution is 6.08. The summed E-state index contributed by atoms with van der Waals surface area (Å²) in [5.74, 6) is -0.0450. The molecule has 1 aliphatic carbocycles. The highest BCUT2D eigenvalue weighted by Crippen LogP contribution is 2.33. The van der Waals surface area contributed by atoms with Crippen molar-refractivity contribution in [2.24, 2.45) is 5.92 Å². The molecule has 2 heterocycles. The molecule has 1 aromatic rings. The van der Waals surface area contributed by atoms with Crippen molar-refractivity contribution in [2.75, 3.05) is 4.90 Å². The fraction of sp³-hybridized carbons (Fsp3) is 0.263. The number of benzene rings is 1. The van der Waals surface area contributed by atoms with Crippen molar-refractivity contribution < 1.29 is 14.3 Å². The molecule has 1 fully saturated rings. The predicted molar refractivity (Wildman–Crippen MR) is 89.8 cm³/mol. The van der Waals surface area contributed by atoms with Gasteiger partial charge in [0.15, 0.2) is 6.23 Å². The van der Waals surface area contributed by atoms with E-state index in [1.54, 1.807) is 17.9 Å². The largest absolute Gasteiger partial charge is 0.474 e. The van der Waals surface area contributed by atoms with Gasteiger partial charge in [0, 0.05) is 17.2 Å². The fourth-order valence-electron chi connectivity index (χ4n) is 3.43. The summed E-state index contributed by atoms with van der Waals surface area (Å²) in [4.78, 5) is 26.1. The average molecular weight is 322 g/mol. The molecule has 24 heavy (non-hydrogen) atoms. The molecule has 5 heteroatoms. The van der Waals surface area contributed by atoms with Gasteiger partial charge in [0.2, 0.25) is 0 Å². The maximum Gasteiger partial charge on any atom is 0.257 e. The van der Waals surface area contributed by atoms with E-state index in [0.29, 0.717) is 11.1 Å². The van der Waals surface area contributed by atoms with Gasteiger partial charge in [0.1, 0.15) is 0 Å². The van der Waals surface area contributed by atoms with Gasteiger partial charge in [-0.2, -0.15) is 0 Å². The zero-order valence-electron chi connectivity index (χ0n) is 13.3. The number of hydrogen-bond acceptors (Lipinski definition) is 3. The summed E-state index contributed by atoms with van der Waals surface area (Å²) in [6, 6.07) is 9.47. The second-order valence-corrected chi connectivity index (χ2v) is 6.23. The lowest BCUT2D eigenvalue weighted by atomic mass is 9.99. The topological polar surface area (TPSA) is 58.6 Å². The Balaban J connectivity index is 1.58. The molecule has 0 radical (unpaired) electrons. The fourth-order valence-corrected chi connectivity index (χ4v) is 3.43. The number of nitrogens with one attached hydrogen (secondary N) is 1. The van der Waals surface area contributed by atoms with Gasteiger partial charge >= 0.3 is 0 Å². The Labute approximate surface area is 140 Å². The normalized spacial score (nSPS) is 29.9. The van der Waals surface area contributed by atoms with Crippen molar-refractivity contribution in [3.63, 3.8) is 0 Å². The van der Waals surface area contributed by atoms with Crippen LogP contribution in [0.1, 0.15) is 13.3 Å². The van der Waals surface area contributed by atoms with Crippen LogP contribution in [0.5, 0.6) is 0 Å². The van der Waals surface area contributed by atoms with Crippen LogP contribution < -0.4 is 10.2 Å². The van der Waals surface area contributed by atoms with Gasteiger partial charge in [-0.15, -0.1) is 0 Å². The first-order valence-corrected chi connectivity index (χ1v) is 8.05. The molecule has 3 atom stereocenters. The van der Waals surface area contributed by atoms with E-state index in [2.05, 4.69) is 11.4 Å². The molecule has 3 aliphatic rings. The van der Waals surface area contributed by atoms with E-state index in [9.17, 15) is 9.59 Å². The smallest absolute Gasteiger partial charge is 0.257 e. The Hall–Kier alpha value is -2.82. The molecule has 1 saturated heterocycles. The standard InChI is InChI=1S/C19H18N2O3/c1-12-10-17(21(19(12)23)13-6-3-2-4-7-13)24-11-15-14-8-5-9-16(14)20-18(15)22/h2-7,9-11,14,16-17H,8H2,1H3,(H,20,22)/b15-11+. The SMILES string of the molecule is CC1=CC(O/C=C2/C(=O)NC3C=CCC23)N(c2ccccc2)C1=O. The van der Waals surface area contributed by atoms with E-state index in [4.69, 9.17) is 4.74 Å². The van der Waals surface area contributed by atoms with Crippen LogP contribution in [-0.2, 0) is 14.3 Å². The summed E-state index contributed by atoms with van der Waals surface area (Å²) >= 11 is 0. The molecule has 0 bridgehead atoms. The van der Waals surface area contributed by atoms with Crippen LogP contribution in [0, 0.1) is 5.92 Å². The van der Waals surface area contributed by atoms with Crippen LogP contribution in [-0.4, -0.2) is 24.1 Å². The van der Waals surface area contributed by atoms with Gasteiger partial charge < -0.3 is 10.1 Å². The second-order valence-electron chi connectivity index (χ2n) is 6.23. The minimum Gasteiger partial charge on any atom is -0.474 e. The third-order valence-electron chi connectivity index (χ3n) is 4.70. The summed E-state index contributed by atoms with van der Waals surface area (Å²) in [5.41, 5.74) is 2.05.